The Morgan fingerprint density at radius 1 is 1.00 bits per heavy atom. The first-order chi connectivity index (χ1) is 7.66. The first kappa shape index (κ1) is 8.96. The highest BCUT2D eigenvalue weighted by molar-refractivity contribution is 6.00. The highest BCUT2D eigenvalue weighted by Gasteiger charge is 2.15. The Labute approximate surface area is 87.9 Å². The SMILES string of the molecule is Cc1cccc2oc(=O)c3oc(=O)oc3c12. The molecule has 0 aliphatic heterocycles. The molecule has 5 nitrogen and oxygen atoms in total. The third-order valence-corrected chi connectivity index (χ3v) is 2.43. The fourth-order valence-electron chi connectivity index (χ4n) is 1.74. The van der Waals surface area contributed by atoms with E-state index in [0.29, 0.717) is 11.0 Å². The van der Waals surface area contributed by atoms with Crippen LogP contribution in [-0.2, 0) is 0 Å². The quantitative estimate of drug-likeness (QED) is 0.538. The summed E-state index contributed by atoms with van der Waals surface area (Å²) in [6.45, 7) is 1.83. The number of benzene rings is 1. The van der Waals surface area contributed by atoms with E-state index in [1.165, 1.54) is 0 Å². The lowest BCUT2D eigenvalue weighted by atomic mass is 10.1. The molecule has 3 aromatic rings. The van der Waals surface area contributed by atoms with Gasteiger partial charge in [0.15, 0.2) is 5.58 Å². The Hall–Kier alpha value is -2.30. The van der Waals surface area contributed by atoms with Crippen LogP contribution in [0.5, 0.6) is 0 Å². The van der Waals surface area contributed by atoms with Crippen LogP contribution >= 0.6 is 0 Å². The molecule has 0 aliphatic rings. The lowest BCUT2D eigenvalue weighted by Crippen LogP contribution is -1.98. The Kier molecular flexibility index (Phi) is 1.60. The van der Waals surface area contributed by atoms with Crippen LogP contribution in [0.15, 0.2) is 41.0 Å². The summed E-state index contributed by atoms with van der Waals surface area (Å²) in [5.41, 5.74) is 0.484. The van der Waals surface area contributed by atoms with E-state index in [9.17, 15) is 9.59 Å². The number of hydrogen-bond acceptors (Lipinski definition) is 5. The molecule has 0 N–H and O–H groups in total. The van der Waals surface area contributed by atoms with E-state index < -0.39 is 11.4 Å². The summed E-state index contributed by atoms with van der Waals surface area (Å²) in [5.74, 6) is -0.905. The summed E-state index contributed by atoms with van der Waals surface area (Å²) in [6, 6.07) is 5.22. The van der Waals surface area contributed by atoms with E-state index in [4.69, 9.17) is 8.83 Å². The molecule has 1 aromatic carbocycles. The average molecular weight is 218 g/mol. The van der Waals surface area contributed by atoms with Gasteiger partial charge in [0, 0.05) is 0 Å². The van der Waals surface area contributed by atoms with E-state index in [1.807, 2.05) is 13.0 Å². The van der Waals surface area contributed by atoms with Gasteiger partial charge in [0.25, 0.3) is 5.58 Å². The van der Waals surface area contributed by atoms with Crippen molar-refractivity contribution in [1.82, 2.24) is 0 Å². The lowest BCUT2D eigenvalue weighted by Gasteiger charge is -1.98. The maximum Gasteiger partial charge on any atom is 0.519 e. The van der Waals surface area contributed by atoms with Gasteiger partial charge in [-0.2, -0.15) is 0 Å². The summed E-state index contributed by atoms with van der Waals surface area (Å²) in [6.07, 6.45) is 0. The van der Waals surface area contributed by atoms with Crippen molar-refractivity contribution in [3.63, 3.8) is 0 Å². The smallest absolute Gasteiger partial charge is 0.420 e. The highest BCUT2D eigenvalue weighted by atomic mass is 16.6. The third kappa shape index (κ3) is 1.05. The van der Waals surface area contributed by atoms with Crippen molar-refractivity contribution in [3.05, 3.63) is 44.8 Å². The molecule has 0 amide bonds. The van der Waals surface area contributed by atoms with Gasteiger partial charge in [0.05, 0.1) is 5.39 Å². The van der Waals surface area contributed by atoms with Crippen molar-refractivity contribution in [2.24, 2.45) is 0 Å². The zero-order valence-corrected chi connectivity index (χ0v) is 8.27. The predicted molar refractivity (Wildman–Crippen MR) is 55.5 cm³/mol. The topological polar surface area (TPSA) is 73.6 Å². The number of fused-ring (bicyclic) bond motifs is 3. The molecule has 0 aliphatic carbocycles. The maximum absolute atomic E-state index is 11.5. The molecule has 80 valence electrons. The minimum absolute atomic E-state index is 0.148. The van der Waals surface area contributed by atoms with Crippen LogP contribution in [0.25, 0.3) is 22.1 Å². The van der Waals surface area contributed by atoms with E-state index >= 15 is 0 Å². The van der Waals surface area contributed by atoms with Crippen LogP contribution in [-0.4, -0.2) is 0 Å². The predicted octanol–water partition coefficient (Wildman–Crippen LogP) is 1.80. The minimum atomic E-state index is -0.905. The van der Waals surface area contributed by atoms with Gasteiger partial charge in [-0.05, 0) is 18.6 Å². The molecule has 0 bridgehead atoms. The molecule has 0 saturated carbocycles. The van der Waals surface area contributed by atoms with Crippen molar-refractivity contribution in [3.8, 4) is 0 Å². The highest BCUT2D eigenvalue weighted by Crippen LogP contribution is 2.24. The molecule has 0 atom stereocenters. The minimum Gasteiger partial charge on any atom is -0.420 e. The Morgan fingerprint density at radius 2 is 1.75 bits per heavy atom. The van der Waals surface area contributed by atoms with Crippen molar-refractivity contribution in [1.29, 1.82) is 0 Å². The maximum atomic E-state index is 11.5. The third-order valence-electron chi connectivity index (χ3n) is 2.43. The molecule has 0 radical (unpaired) electrons. The van der Waals surface area contributed by atoms with Crippen LogP contribution in [0, 0.1) is 6.92 Å². The largest absolute Gasteiger partial charge is 0.519 e. The van der Waals surface area contributed by atoms with Crippen molar-refractivity contribution in [2.75, 3.05) is 0 Å². The van der Waals surface area contributed by atoms with Gasteiger partial charge in [-0.1, -0.05) is 12.1 Å². The molecular weight excluding hydrogens is 212 g/mol. The molecule has 0 unspecified atom stereocenters. The molecular formula is C11H6O5. The number of hydrogen-bond donors (Lipinski definition) is 0. The molecule has 2 heterocycles. The molecule has 2 aromatic heterocycles. The Balaban J connectivity index is 2.77. The standard InChI is InChI=1S/C11H6O5/c1-5-3-2-4-6-7(5)8-9(10(12)14-6)16-11(13)15-8/h2-4H,1H3. The summed E-state index contributed by atoms with van der Waals surface area (Å²) >= 11 is 0. The summed E-state index contributed by atoms with van der Waals surface area (Å²) in [4.78, 5) is 22.4. The van der Waals surface area contributed by atoms with Crippen molar-refractivity contribution < 1.29 is 13.3 Å². The summed E-state index contributed by atoms with van der Waals surface area (Å²) in [5, 5.41) is 0.586. The van der Waals surface area contributed by atoms with Crippen LogP contribution in [0.2, 0.25) is 0 Å². The van der Waals surface area contributed by atoms with Gasteiger partial charge in [0.2, 0.25) is 0 Å². The van der Waals surface area contributed by atoms with Crippen LogP contribution in [0.3, 0.4) is 0 Å². The molecule has 5 heteroatoms. The summed E-state index contributed by atoms with van der Waals surface area (Å²) in [7, 11) is 0. The second-order valence-corrected chi connectivity index (χ2v) is 3.45. The van der Waals surface area contributed by atoms with Crippen LogP contribution in [0.4, 0.5) is 0 Å². The van der Waals surface area contributed by atoms with Crippen molar-refractivity contribution >= 4 is 22.1 Å². The molecule has 0 fully saturated rings. The molecule has 0 spiro atoms. The number of aryl methyl sites for hydroxylation is 1. The summed E-state index contributed by atoms with van der Waals surface area (Å²) < 4.78 is 14.5. The Bertz CT molecular complexity index is 802. The van der Waals surface area contributed by atoms with Gasteiger partial charge in [-0.25, -0.2) is 9.59 Å². The van der Waals surface area contributed by atoms with Gasteiger partial charge in [-0.15, -0.1) is 0 Å². The Morgan fingerprint density at radius 3 is 2.56 bits per heavy atom. The van der Waals surface area contributed by atoms with Gasteiger partial charge >= 0.3 is 11.4 Å². The van der Waals surface area contributed by atoms with Gasteiger partial charge < -0.3 is 13.3 Å². The normalized spacial score (nSPS) is 11.3. The van der Waals surface area contributed by atoms with E-state index in [2.05, 4.69) is 4.42 Å². The second-order valence-electron chi connectivity index (χ2n) is 3.45. The second kappa shape index (κ2) is 2.85. The van der Waals surface area contributed by atoms with E-state index in [0.717, 1.165) is 5.56 Å². The zero-order valence-electron chi connectivity index (χ0n) is 8.27. The molecule has 16 heavy (non-hydrogen) atoms. The average Bonchev–Trinajstić information content (AvgIpc) is 2.60. The van der Waals surface area contributed by atoms with E-state index in [-0.39, 0.29) is 11.2 Å². The lowest BCUT2D eigenvalue weighted by molar-refractivity contribution is 0.406. The van der Waals surface area contributed by atoms with Gasteiger partial charge in [0.1, 0.15) is 5.58 Å². The molecule has 0 saturated heterocycles. The van der Waals surface area contributed by atoms with E-state index in [1.54, 1.807) is 12.1 Å². The first-order valence-corrected chi connectivity index (χ1v) is 4.63. The number of rotatable bonds is 0. The zero-order chi connectivity index (χ0) is 11.3. The van der Waals surface area contributed by atoms with Crippen LogP contribution < -0.4 is 11.4 Å². The monoisotopic (exact) mass is 218 g/mol. The first-order valence-electron chi connectivity index (χ1n) is 4.63. The van der Waals surface area contributed by atoms with Gasteiger partial charge in [-0.3, -0.25) is 0 Å². The van der Waals surface area contributed by atoms with Crippen LogP contribution in [0.1, 0.15) is 5.56 Å². The fourth-order valence-corrected chi connectivity index (χ4v) is 1.74. The van der Waals surface area contributed by atoms with Crippen molar-refractivity contribution in [2.45, 2.75) is 6.92 Å². The molecule has 3 rings (SSSR count). The fraction of sp³-hybridized carbons (Fsp3) is 0.0909.